The molecule has 1 aromatic heterocycles. The SMILES string of the molecule is CCOc1cc(/C=C(/C#N)C(=O)NCCc2c[nH]c3ccccc23)cc(Br)c1OC(C)C. The van der Waals surface area contributed by atoms with Gasteiger partial charge in [0.2, 0.25) is 0 Å². The van der Waals surface area contributed by atoms with Gasteiger partial charge in [-0.3, -0.25) is 4.79 Å². The van der Waals surface area contributed by atoms with Crippen LogP contribution in [0.3, 0.4) is 0 Å². The second-order valence-corrected chi connectivity index (χ2v) is 8.32. The van der Waals surface area contributed by atoms with Crippen LogP contribution in [0.5, 0.6) is 11.5 Å². The number of para-hydroxylation sites is 1. The van der Waals surface area contributed by atoms with Gasteiger partial charge >= 0.3 is 0 Å². The summed E-state index contributed by atoms with van der Waals surface area (Å²) < 4.78 is 12.2. The molecule has 166 valence electrons. The van der Waals surface area contributed by atoms with Crippen molar-refractivity contribution < 1.29 is 14.3 Å². The van der Waals surface area contributed by atoms with E-state index in [9.17, 15) is 10.1 Å². The maximum atomic E-state index is 12.6. The fourth-order valence-corrected chi connectivity index (χ4v) is 3.90. The molecule has 0 saturated carbocycles. The first-order valence-corrected chi connectivity index (χ1v) is 11.3. The number of nitrogens with one attached hydrogen (secondary N) is 2. The first kappa shape index (κ1) is 23.4. The highest BCUT2D eigenvalue weighted by atomic mass is 79.9. The van der Waals surface area contributed by atoms with Gasteiger partial charge in [-0.15, -0.1) is 0 Å². The summed E-state index contributed by atoms with van der Waals surface area (Å²) in [5.41, 5.74) is 2.87. The topological polar surface area (TPSA) is 87.1 Å². The lowest BCUT2D eigenvalue weighted by atomic mass is 10.1. The maximum Gasteiger partial charge on any atom is 0.261 e. The van der Waals surface area contributed by atoms with Gasteiger partial charge in [-0.05, 0) is 78.5 Å². The third-order valence-electron chi connectivity index (χ3n) is 4.72. The predicted molar refractivity (Wildman–Crippen MR) is 130 cm³/mol. The Morgan fingerprint density at radius 1 is 1.31 bits per heavy atom. The summed E-state index contributed by atoms with van der Waals surface area (Å²) in [5, 5.41) is 13.5. The average Bonchev–Trinajstić information content (AvgIpc) is 3.17. The van der Waals surface area contributed by atoms with Crippen molar-refractivity contribution in [3.63, 3.8) is 0 Å². The van der Waals surface area contributed by atoms with Gasteiger partial charge in [-0.25, -0.2) is 0 Å². The number of aromatic nitrogens is 1. The number of aromatic amines is 1. The standard InChI is InChI=1S/C25H26BrN3O3/c1-4-31-23-13-17(12-21(26)24(23)32-16(2)3)11-19(14-27)25(30)28-10-9-18-15-29-22-8-6-5-7-20(18)22/h5-8,11-13,15-16,29H,4,9-10H2,1-3H3,(H,28,30)/b19-11-. The molecule has 7 heteroatoms. The van der Waals surface area contributed by atoms with E-state index in [0.29, 0.717) is 41.1 Å². The molecular formula is C25H26BrN3O3. The number of hydrogen-bond acceptors (Lipinski definition) is 4. The molecule has 0 atom stereocenters. The van der Waals surface area contributed by atoms with Crippen molar-refractivity contribution in [1.82, 2.24) is 10.3 Å². The molecule has 0 saturated heterocycles. The number of benzene rings is 2. The highest BCUT2D eigenvalue weighted by molar-refractivity contribution is 9.10. The second kappa shape index (κ2) is 10.9. The van der Waals surface area contributed by atoms with E-state index in [-0.39, 0.29) is 11.7 Å². The van der Waals surface area contributed by atoms with Crippen LogP contribution >= 0.6 is 15.9 Å². The van der Waals surface area contributed by atoms with Gasteiger partial charge in [0.05, 0.1) is 17.2 Å². The van der Waals surface area contributed by atoms with Crippen LogP contribution in [0, 0.1) is 11.3 Å². The van der Waals surface area contributed by atoms with Crippen molar-refractivity contribution in [3.8, 4) is 17.6 Å². The number of H-pyrrole nitrogens is 1. The molecule has 0 bridgehead atoms. The fraction of sp³-hybridized carbons (Fsp3) is 0.280. The Hall–Kier alpha value is -3.24. The fourth-order valence-electron chi connectivity index (χ4n) is 3.34. The number of hydrogen-bond donors (Lipinski definition) is 2. The van der Waals surface area contributed by atoms with Gasteiger partial charge < -0.3 is 19.8 Å². The van der Waals surface area contributed by atoms with Crippen LogP contribution < -0.4 is 14.8 Å². The highest BCUT2D eigenvalue weighted by Crippen LogP contribution is 2.38. The van der Waals surface area contributed by atoms with E-state index in [4.69, 9.17) is 9.47 Å². The van der Waals surface area contributed by atoms with Crippen molar-refractivity contribution >= 4 is 38.8 Å². The van der Waals surface area contributed by atoms with E-state index in [1.165, 1.54) is 0 Å². The molecular weight excluding hydrogens is 470 g/mol. The lowest BCUT2D eigenvalue weighted by Gasteiger charge is -2.17. The van der Waals surface area contributed by atoms with E-state index in [1.54, 1.807) is 18.2 Å². The van der Waals surface area contributed by atoms with E-state index in [0.717, 1.165) is 16.5 Å². The Bertz CT molecular complexity index is 1170. The number of rotatable bonds is 9. The molecule has 0 spiro atoms. The first-order chi connectivity index (χ1) is 15.4. The molecule has 2 N–H and O–H groups in total. The Labute approximate surface area is 196 Å². The Kier molecular flexibility index (Phi) is 7.96. The number of amides is 1. The number of carbonyl (C=O) groups excluding carboxylic acids is 1. The summed E-state index contributed by atoms with van der Waals surface area (Å²) in [6, 6.07) is 13.6. The number of nitrogens with zero attached hydrogens (tertiary/aromatic N) is 1. The molecule has 3 rings (SSSR count). The van der Waals surface area contributed by atoms with Crippen molar-refractivity contribution in [2.75, 3.05) is 13.2 Å². The van der Waals surface area contributed by atoms with Crippen LogP contribution in [-0.4, -0.2) is 30.1 Å². The zero-order valence-electron chi connectivity index (χ0n) is 18.4. The van der Waals surface area contributed by atoms with Crippen LogP contribution in [0.25, 0.3) is 17.0 Å². The van der Waals surface area contributed by atoms with E-state index >= 15 is 0 Å². The monoisotopic (exact) mass is 495 g/mol. The lowest BCUT2D eigenvalue weighted by molar-refractivity contribution is -0.117. The quantitative estimate of drug-likeness (QED) is 0.308. The Morgan fingerprint density at radius 3 is 2.81 bits per heavy atom. The van der Waals surface area contributed by atoms with Crippen molar-refractivity contribution in [2.24, 2.45) is 0 Å². The molecule has 0 fully saturated rings. The van der Waals surface area contributed by atoms with Gasteiger partial charge in [0.25, 0.3) is 5.91 Å². The van der Waals surface area contributed by atoms with Gasteiger partial charge in [0.15, 0.2) is 11.5 Å². The summed E-state index contributed by atoms with van der Waals surface area (Å²) in [5.74, 6) is 0.739. The number of nitriles is 1. The minimum atomic E-state index is -0.413. The summed E-state index contributed by atoms with van der Waals surface area (Å²) in [6.45, 7) is 6.65. The van der Waals surface area contributed by atoms with Gasteiger partial charge in [0, 0.05) is 23.6 Å². The van der Waals surface area contributed by atoms with Crippen LogP contribution in [-0.2, 0) is 11.2 Å². The third-order valence-corrected chi connectivity index (χ3v) is 5.31. The minimum Gasteiger partial charge on any atom is -0.490 e. The molecule has 3 aromatic rings. The highest BCUT2D eigenvalue weighted by Gasteiger charge is 2.15. The summed E-state index contributed by atoms with van der Waals surface area (Å²) in [4.78, 5) is 15.8. The van der Waals surface area contributed by atoms with Gasteiger partial charge in [-0.2, -0.15) is 5.26 Å². The average molecular weight is 496 g/mol. The molecule has 1 amide bonds. The second-order valence-electron chi connectivity index (χ2n) is 7.46. The van der Waals surface area contributed by atoms with Crippen molar-refractivity contribution in [2.45, 2.75) is 33.3 Å². The van der Waals surface area contributed by atoms with E-state index in [2.05, 4.69) is 26.2 Å². The number of ether oxygens (including phenoxy) is 2. The largest absolute Gasteiger partial charge is 0.490 e. The third kappa shape index (κ3) is 5.71. The summed E-state index contributed by atoms with van der Waals surface area (Å²) in [7, 11) is 0. The Balaban J connectivity index is 1.73. The zero-order valence-corrected chi connectivity index (χ0v) is 20.0. The van der Waals surface area contributed by atoms with Gasteiger partial charge in [-0.1, -0.05) is 18.2 Å². The number of carbonyl (C=O) groups is 1. The van der Waals surface area contributed by atoms with Crippen LogP contribution in [0.1, 0.15) is 31.9 Å². The number of fused-ring (bicyclic) bond motifs is 1. The minimum absolute atomic E-state index is 0.0236. The van der Waals surface area contributed by atoms with Crippen molar-refractivity contribution in [1.29, 1.82) is 5.26 Å². The summed E-state index contributed by atoms with van der Waals surface area (Å²) in [6.07, 6.45) is 4.14. The molecule has 1 heterocycles. The van der Waals surface area contributed by atoms with Crippen LogP contribution in [0.15, 0.2) is 52.6 Å². The van der Waals surface area contributed by atoms with E-state index in [1.807, 2.05) is 57.3 Å². The van der Waals surface area contributed by atoms with E-state index < -0.39 is 5.91 Å². The number of halogens is 1. The Morgan fingerprint density at radius 2 is 2.09 bits per heavy atom. The van der Waals surface area contributed by atoms with Crippen LogP contribution in [0.4, 0.5) is 0 Å². The molecule has 0 radical (unpaired) electrons. The lowest BCUT2D eigenvalue weighted by Crippen LogP contribution is -2.26. The normalized spacial score (nSPS) is 11.4. The molecule has 2 aromatic carbocycles. The molecule has 0 aliphatic carbocycles. The molecule has 32 heavy (non-hydrogen) atoms. The molecule has 0 aliphatic heterocycles. The summed E-state index contributed by atoms with van der Waals surface area (Å²) >= 11 is 3.51. The van der Waals surface area contributed by atoms with Gasteiger partial charge in [0.1, 0.15) is 11.6 Å². The molecule has 0 unspecified atom stereocenters. The molecule has 0 aliphatic rings. The first-order valence-electron chi connectivity index (χ1n) is 10.5. The smallest absolute Gasteiger partial charge is 0.261 e. The van der Waals surface area contributed by atoms with Crippen molar-refractivity contribution in [3.05, 3.63) is 63.8 Å². The maximum absolute atomic E-state index is 12.6. The molecule has 6 nitrogen and oxygen atoms in total. The zero-order chi connectivity index (χ0) is 23.1. The predicted octanol–water partition coefficient (Wildman–Crippen LogP) is 5.38. The van der Waals surface area contributed by atoms with Crippen LogP contribution in [0.2, 0.25) is 0 Å².